The van der Waals surface area contributed by atoms with Crippen LogP contribution < -0.4 is 10.9 Å². The standard InChI is InChI=1S/C15H17NO5/c1-7(2)16-12(18)6-10-8(3)9-4-5-11(17)13(19)14(9)21-15(10)20/h4-5,7,17,19H,6H2,1-3H3,(H,16,18). The van der Waals surface area contributed by atoms with Crippen LogP contribution in [-0.4, -0.2) is 22.2 Å². The van der Waals surface area contributed by atoms with Gasteiger partial charge in [0.05, 0.1) is 12.0 Å². The smallest absolute Gasteiger partial charge is 0.340 e. The molecular weight excluding hydrogens is 274 g/mol. The quantitative estimate of drug-likeness (QED) is 0.589. The largest absolute Gasteiger partial charge is 0.504 e. The topological polar surface area (TPSA) is 99.8 Å². The summed E-state index contributed by atoms with van der Waals surface area (Å²) in [7, 11) is 0. The minimum absolute atomic E-state index is 0.0219. The van der Waals surface area contributed by atoms with Gasteiger partial charge in [0.1, 0.15) is 0 Å². The van der Waals surface area contributed by atoms with Crippen molar-refractivity contribution in [2.75, 3.05) is 0 Å². The summed E-state index contributed by atoms with van der Waals surface area (Å²) in [6.45, 7) is 5.33. The van der Waals surface area contributed by atoms with E-state index in [0.29, 0.717) is 10.9 Å². The SMILES string of the molecule is Cc1c(CC(=O)NC(C)C)c(=O)oc2c(O)c(O)ccc12. The van der Waals surface area contributed by atoms with E-state index in [4.69, 9.17) is 4.42 Å². The highest BCUT2D eigenvalue weighted by atomic mass is 16.4. The number of phenols is 2. The van der Waals surface area contributed by atoms with Crippen LogP contribution in [0.5, 0.6) is 11.5 Å². The molecule has 2 aromatic rings. The van der Waals surface area contributed by atoms with Gasteiger partial charge < -0.3 is 19.9 Å². The van der Waals surface area contributed by atoms with E-state index in [1.165, 1.54) is 12.1 Å². The highest BCUT2D eigenvalue weighted by molar-refractivity contribution is 5.89. The summed E-state index contributed by atoms with van der Waals surface area (Å²) in [5.74, 6) is -1.12. The molecule has 0 aliphatic rings. The fraction of sp³-hybridized carbons (Fsp3) is 0.333. The molecule has 21 heavy (non-hydrogen) atoms. The van der Waals surface area contributed by atoms with E-state index in [2.05, 4.69) is 5.32 Å². The second-order valence-electron chi connectivity index (χ2n) is 5.20. The predicted molar refractivity (Wildman–Crippen MR) is 77.5 cm³/mol. The minimum atomic E-state index is -0.695. The van der Waals surface area contributed by atoms with Crippen LogP contribution in [0.15, 0.2) is 21.3 Å². The van der Waals surface area contributed by atoms with E-state index in [-0.39, 0.29) is 35.3 Å². The molecule has 0 saturated carbocycles. The average molecular weight is 291 g/mol. The second-order valence-corrected chi connectivity index (χ2v) is 5.20. The van der Waals surface area contributed by atoms with E-state index in [9.17, 15) is 19.8 Å². The number of benzene rings is 1. The molecule has 0 aliphatic heterocycles. The normalized spacial score (nSPS) is 11.0. The lowest BCUT2D eigenvalue weighted by Gasteiger charge is -2.11. The third-order valence-corrected chi connectivity index (χ3v) is 3.20. The van der Waals surface area contributed by atoms with Gasteiger partial charge in [-0.05, 0) is 38.5 Å². The van der Waals surface area contributed by atoms with Gasteiger partial charge >= 0.3 is 5.63 Å². The molecule has 0 bridgehead atoms. The van der Waals surface area contributed by atoms with Crippen molar-refractivity contribution in [1.82, 2.24) is 5.32 Å². The fourth-order valence-corrected chi connectivity index (χ4v) is 2.17. The molecular formula is C15H17NO5. The molecule has 3 N–H and O–H groups in total. The monoisotopic (exact) mass is 291 g/mol. The van der Waals surface area contributed by atoms with E-state index in [1.54, 1.807) is 6.92 Å². The Kier molecular flexibility index (Phi) is 3.88. The van der Waals surface area contributed by atoms with Crippen molar-refractivity contribution in [3.05, 3.63) is 33.7 Å². The fourth-order valence-electron chi connectivity index (χ4n) is 2.17. The lowest BCUT2D eigenvalue weighted by Crippen LogP contribution is -2.33. The summed E-state index contributed by atoms with van der Waals surface area (Å²) in [5, 5.41) is 22.4. The molecule has 0 atom stereocenters. The van der Waals surface area contributed by atoms with Gasteiger partial charge in [-0.15, -0.1) is 0 Å². The Labute approximate surface area is 121 Å². The van der Waals surface area contributed by atoms with Crippen LogP contribution in [0, 0.1) is 6.92 Å². The van der Waals surface area contributed by atoms with Crippen molar-refractivity contribution in [2.24, 2.45) is 0 Å². The lowest BCUT2D eigenvalue weighted by molar-refractivity contribution is -0.120. The van der Waals surface area contributed by atoms with Crippen molar-refractivity contribution in [3.8, 4) is 11.5 Å². The summed E-state index contributed by atoms with van der Waals surface area (Å²) in [6, 6.07) is 2.82. The molecule has 1 amide bonds. The maximum Gasteiger partial charge on any atom is 0.340 e. The Morgan fingerprint density at radius 2 is 2.00 bits per heavy atom. The molecule has 0 unspecified atom stereocenters. The number of aromatic hydroxyl groups is 2. The zero-order valence-electron chi connectivity index (χ0n) is 12.1. The zero-order valence-corrected chi connectivity index (χ0v) is 12.1. The summed E-state index contributed by atoms with van der Waals surface area (Å²) in [6.07, 6.45) is -0.0933. The number of hydrogen-bond donors (Lipinski definition) is 3. The molecule has 1 aromatic heterocycles. The third-order valence-electron chi connectivity index (χ3n) is 3.20. The van der Waals surface area contributed by atoms with Gasteiger partial charge in [0.15, 0.2) is 11.3 Å². The zero-order chi connectivity index (χ0) is 15.7. The van der Waals surface area contributed by atoms with Crippen molar-refractivity contribution in [2.45, 2.75) is 33.2 Å². The van der Waals surface area contributed by atoms with E-state index < -0.39 is 11.4 Å². The van der Waals surface area contributed by atoms with Gasteiger partial charge in [-0.25, -0.2) is 4.79 Å². The van der Waals surface area contributed by atoms with Gasteiger partial charge in [-0.2, -0.15) is 0 Å². The van der Waals surface area contributed by atoms with Crippen LogP contribution >= 0.6 is 0 Å². The molecule has 6 nitrogen and oxygen atoms in total. The highest BCUT2D eigenvalue weighted by Gasteiger charge is 2.18. The van der Waals surface area contributed by atoms with Crippen LogP contribution in [-0.2, 0) is 11.2 Å². The number of carbonyl (C=O) groups excluding carboxylic acids is 1. The number of aryl methyl sites for hydroxylation is 1. The Morgan fingerprint density at radius 3 is 2.62 bits per heavy atom. The van der Waals surface area contributed by atoms with Gasteiger partial charge in [0.25, 0.3) is 0 Å². The summed E-state index contributed by atoms with van der Waals surface area (Å²) >= 11 is 0. The molecule has 6 heteroatoms. The van der Waals surface area contributed by atoms with Crippen LogP contribution in [0.25, 0.3) is 11.0 Å². The van der Waals surface area contributed by atoms with Crippen molar-refractivity contribution in [3.63, 3.8) is 0 Å². The van der Waals surface area contributed by atoms with Crippen molar-refractivity contribution < 1.29 is 19.4 Å². The number of nitrogens with one attached hydrogen (secondary N) is 1. The van der Waals surface area contributed by atoms with Crippen LogP contribution in [0.3, 0.4) is 0 Å². The molecule has 112 valence electrons. The maximum atomic E-state index is 12.0. The first kappa shape index (κ1) is 14.9. The first-order chi connectivity index (χ1) is 9.81. The van der Waals surface area contributed by atoms with Crippen molar-refractivity contribution in [1.29, 1.82) is 0 Å². The van der Waals surface area contributed by atoms with E-state index in [0.717, 1.165) is 0 Å². The van der Waals surface area contributed by atoms with Crippen LogP contribution in [0.4, 0.5) is 0 Å². The van der Waals surface area contributed by atoms with Gasteiger partial charge in [0.2, 0.25) is 11.7 Å². The first-order valence-electron chi connectivity index (χ1n) is 6.57. The number of amides is 1. The molecule has 0 saturated heterocycles. The Morgan fingerprint density at radius 1 is 1.33 bits per heavy atom. The minimum Gasteiger partial charge on any atom is -0.504 e. The van der Waals surface area contributed by atoms with E-state index >= 15 is 0 Å². The first-order valence-corrected chi connectivity index (χ1v) is 6.57. The van der Waals surface area contributed by atoms with Crippen molar-refractivity contribution >= 4 is 16.9 Å². The van der Waals surface area contributed by atoms with Gasteiger partial charge in [0, 0.05) is 11.4 Å². The molecule has 1 heterocycles. The molecule has 0 fully saturated rings. The van der Waals surface area contributed by atoms with Crippen LogP contribution in [0.1, 0.15) is 25.0 Å². The maximum absolute atomic E-state index is 12.0. The average Bonchev–Trinajstić information content (AvgIpc) is 2.38. The number of carbonyl (C=O) groups is 1. The highest BCUT2D eigenvalue weighted by Crippen LogP contribution is 2.34. The number of phenolic OH excluding ortho intramolecular Hbond substituents is 2. The predicted octanol–water partition coefficient (Wildman–Crippen LogP) is 1.58. The summed E-state index contributed by atoms with van der Waals surface area (Å²) in [5.41, 5.74) is 0.0199. The Bertz CT molecular complexity index is 761. The van der Waals surface area contributed by atoms with Crippen LogP contribution in [0.2, 0.25) is 0 Å². The lowest BCUT2D eigenvalue weighted by atomic mass is 10.0. The summed E-state index contributed by atoms with van der Waals surface area (Å²) in [4.78, 5) is 23.8. The van der Waals surface area contributed by atoms with Gasteiger partial charge in [-0.3, -0.25) is 4.79 Å². The second kappa shape index (κ2) is 5.47. The number of rotatable bonds is 3. The third kappa shape index (κ3) is 2.84. The number of fused-ring (bicyclic) bond motifs is 1. The van der Waals surface area contributed by atoms with Gasteiger partial charge in [-0.1, -0.05) is 0 Å². The Hall–Kier alpha value is -2.50. The number of hydrogen-bond acceptors (Lipinski definition) is 5. The molecule has 1 aromatic carbocycles. The molecule has 0 radical (unpaired) electrons. The Balaban J connectivity index is 2.54. The van der Waals surface area contributed by atoms with E-state index in [1.807, 2.05) is 13.8 Å². The molecule has 2 rings (SSSR count). The molecule has 0 aliphatic carbocycles. The molecule has 0 spiro atoms. The summed E-state index contributed by atoms with van der Waals surface area (Å²) < 4.78 is 5.05.